The Labute approximate surface area is 63.8 Å². The van der Waals surface area contributed by atoms with E-state index in [0.29, 0.717) is 0 Å². The molecule has 0 fully saturated rings. The van der Waals surface area contributed by atoms with Crippen molar-refractivity contribution in [3.05, 3.63) is 21.4 Å². The van der Waals surface area contributed by atoms with Crippen LogP contribution < -0.4 is 5.73 Å². The van der Waals surface area contributed by atoms with Crippen molar-refractivity contribution in [1.29, 1.82) is 0 Å². The predicted molar refractivity (Wildman–Crippen MR) is 45.7 cm³/mol. The third-order valence-electron chi connectivity index (χ3n) is 0.576. The van der Waals surface area contributed by atoms with Gasteiger partial charge >= 0.3 is 0 Å². The lowest BCUT2D eigenvalue weighted by atomic mass is 10.4. The monoisotopic (exact) mass is 223 g/mol. The summed E-state index contributed by atoms with van der Waals surface area (Å²) in [6.45, 7) is 3.90. The molecule has 0 aliphatic rings. The van der Waals surface area contributed by atoms with E-state index in [-0.39, 0.29) is 0 Å². The molecule has 0 aromatic rings. The summed E-state index contributed by atoms with van der Waals surface area (Å²) in [5.74, 6) is 0. The van der Waals surface area contributed by atoms with E-state index in [1.54, 1.807) is 0 Å². The summed E-state index contributed by atoms with van der Waals surface area (Å²) in [6.07, 6.45) is 3.87. The first kappa shape index (κ1) is 8.01. The standard InChI is InChI=1S/C6H10IN/c1-5(7)3-4-6(2)8/h3-4H,8H2,1-2H3/b5-3+,6-4+. The number of rotatable bonds is 1. The molecule has 2 heteroatoms. The van der Waals surface area contributed by atoms with Crippen molar-refractivity contribution in [2.24, 2.45) is 5.73 Å². The first-order chi connectivity index (χ1) is 3.63. The van der Waals surface area contributed by atoms with Crippen molar-refractivity contribution in [3.63, 3.8) is 0 Å². The highest BCUT2D eigenvalue weighted by Crippen LogP contribution is 2.02. The molecule has 0 aliphatic carbocycles. The number of hydrogen-bond acceptors (Lipinski definition) is 1. The van der Waals surface area contributed by atoms with Gasteiger partial charge in [-0.25, -0.2) is 0 Å². The third-order valence-corrected chi connectivity index (χ3v) is 0.935. The molecule has 0 unspecified atom stereocenters. The fourth-order valence-electron chi connectivity index (χ4n) is 0.246. The quantitative estimate of drug-likeness (QED) is 0.535. The Hall–Kier alpha value is 0.01000. The van der Waals surface area contributed by atoms with Gasteiger partial charge in [0.1, 0.15) is 0 Å². The topological polar surface area (TPSA) is 26.0 Å². The fourth-order valence-corrected chi connectivity index (χ4v) is 0.426. The Bertz CT molecular complexity index is 100. The molecule has 0 radical (unpaired) electrons. The number of nitrogens with two attached hydrogens (primary N) is 1. The van der Waals surface area contributed by atoms with Crippen LogP contribution in [0.25, 0.3) is 0 Å². The van der Waals surface area contributed by atoms with Gasteiger partial charge in [-0.3, -0.25) is 0 Å². The Morgan fingerprint density at radius 1 is 1.38 bits per heavy atom. The van der Waals surface area contributed by atoms with Crippen molar-refractivity contribution in [2.75, 3.05) is 0 Å². The summed E-state index contributed by atoms with van der Waals surface area (Å²) in [4.78, 5) is 0. The highest BCUT2D eigenvalue weighted by molar-refractivity contribution is 14.1. The molecule has 0 heterocycles. The van der Waals surface area contributed by atoms with Gasteiger partial charge in [0.25, 0.3) is 0 Å². The highest BCUT2D eigenvalue weighted by atomic mass is 127. The van der Waals surface area contributed by atoms with Crippen LogP contribution in [0.4, 0.5) is 0 Å². The van der Waals surface area contributed by atoms with Gasteiger partial charge in [0.05, 0.1) is 0 Å². The lowest BCUT2D eigenvalue weighted by molar-refractivity contribution is 1.31. The SMILES string of the molecule is C/C(N)=C\C=C(/C)I. The Morgan fingerprint density at radius 3 is 2.00 bits per heavy atom. The minimum absolute atomic E-state index is 0.848. The normalized spacial score (nSPS) is 14.4. The van der Waals surface area contributed by atoms with Crippen molar-refractivity contribution in [1.82, 2.24) is 0 Å². The largest absolute Gasteiger partial charge is 0.402 e. The first-order valence-electron chi connectivity index (χ1n) is 2.39. The summed E-state index contributed by atoms with van der Waals surface area (Å²) in [5, 5.41) is 0. The molecule has 0 spiro atoms. The molecule has 0 rings (SSSR count). The Morgan fingerprint density at radius 2 is 1.88 bits per heavy atom. The van der Waals surface area contributed by atoms with E-state index in [1.165, 1.54) is 3.58 Å². The maximum atomic E-state index is 5.35. The zero-order valence-electron chi connectivity index (χ0n) is 5.11. The van der Waals surface area contributed by atoms with Crippen molar-refractivity contribution in [3.8, 4) is 0 Å². The molecule has 46 valence electrons. The molecule has 1 nitrogen and oxygen atoms in total. The van der Waals surface area contributed by atoms with Gasteiger partial charge in [-0.2, -0.15) is 0 Å². The molecule has 0 amide bonds. The van der Waals surface area contributed by atoms with E-state index in [4.69, 9.17) is 5.73 Å². The number of halogens is 1. The first-order valence-corrected chi connectivity index (χ1v) is 3.47. The van der Waals surface area contributed by atoms with Gasteiger partial charge in [-0.1, -0.05) is 6.08 Å². The minimum atomic E-state index is 0.848. The van der Waals surface area contributed by atoms with Crippen LogP contribution in [0.1, 0.15) is 13.8 Å². The average Bonchev–Trinajstić information content (AvgIpc) is 1.61. The van der Waals surface area contributed by atoms with Crippen LogP contribution in [-0.4, -0.2) is 0 Å². The van der Waals surface area contributed by atoms with Crippen LogP contribution in [0.2, 0.25) is 0 Å². The van der Waals surface area contributed by atoms with E-state index in [1.807, 2.05) is 26.0 Å². The Kier molecular flexibility index (Phi) is 3.95. The predicted octanol–water partition coefficient (Wildman–Crippen LogP) is 2.19. The van der Waals surface area contributed by atoms with Crippen LogP contribution in [0, 0.1) is 0 Å². The van der Waals surface area contributed by atoms with Gasteiger partial charge in [0.2, 0.25) is 0 Å². The van der Waals surface area contributed by atoms with Gasteiger partial charge in [0.15, 0.2) is 0 Å². The molecular weight excluding hydrogens is 213 g/mol. The van der Waals surface area contributed by atoms with Gasteiger partial charge < -0.3 is 5.73 Å². The summed E-state index contributed by atoms with van der Waals surface area (Å²) >= 11 is 2.24. The zero-order valence-corrected chi connectivity index (χ0v) is 7.27. The highest BCUT2D eigenvalue weighted by Gasteiger charge is 1.73. The molecule has 8 heavy (non-hydrogen) atoms. The van der Waals surface area contributed by atoms with E-state index in [2.05, 4.69) is 22.6 Å². The summed E-state index contributed by atoms with van der Waals surface area (Å²) in [7, 11) is 0. The maximum absolute atomic E-state index is 5.35. The average molecular weight is 223 g/mol. The molecule has 0 aromatic carbocycles. The second-order valence-corrected chi connectivity index (χ2v) is 3.37. The molecule has 2 N–H and O–H groups in total. The van der Waals surface area contributed by atoms with E-state index in [9.17, 15) is 0 Å². The molecule has 0 saturated heterocycles. The van der Waals surface area contributed by atoms with E-state index < -0.39 is 0 Å². The number of hydrogen-bond donors (Lipinski definition) is 1. The number of allylic oxidation sites excluding steroid dienone is 4. The van der Waals surface area contributed by atoms with Crippen LogP contribution in [0.15, 0.2) is 21.4 Å². The van der Waals surface area contributed by atoms with Crippen LogP contribution in [-0.2, 0) is 0 Å². The fraction of sp³-hybridized carbons (Fsp3) is 0.333. The summed E-state index contributed by atoms with van der Waals surface area (Å²) in [5.41, 5.74) is 6.20. The molecule has 0 saturated carbocycles. The minimum Gasteiger partial charge on any atom is -0.402 e. The molecule has 0 bridgehead atoms. The van der Waals surface area contributed by atoms with Crippen molar-refractivity contribution >= 4 is 22.6 Å². The molecule has 0 aromatic heterocycles. The maximum Gasteiger partial charge on any atom is 0.00491 e. The molecule has 0 atom stereocenters. The summed E-state index contributed by atoms with van der Waals surface area (Å²) < 4.78 is 1.24. The lowest BCUT2D eigenvalue weighted by Gasteiger charge is -1.83. The molecule has 0 aliphatic heterocycles. The van der Waals surface area contributed by atoms with Crippen molar-refractivity contribution in [2.45, 2.75) is 13.8 Å². The van der Waals surface area contributed by atoms with Crippen LogP contribution in [0.5, 0.6) is 0 Å². The zero-order chi connectivity index (χ0) is 6.57. The van der Waals surface area contributed by atoms with Gasteiger partial charge in [0, 0.05) is 5.70 Å². The third kappa shape index (κ3) is 6.01. The second-order valence-electron chi connectivity index (χ2n) is 1.66. The van der Waals surface area contributed by atoms with E-state index >= 15 is 0 Å². The van der Waals surface area contributed by atoms with Gasteiger partial charge in [-0.05, 0) is 46.1 Å². The molecular formula is C6H10IN. The summed E-state index contributed by atoms with van der Waals surface area (Å²) in [6, 6.07) is 0. The van der Waals surface area contributed by atoms with E-state index in [0.717, 1.165) is 5.70 Å². The smallest absolute Gasteiger partial charge is 0.00491 e. The second kappa shape index (κ2) is 3.95. The Balaban J connectivity index is 3.76. The van der Waals surface area contributed by atoms with Crippen LogP contribution in [0.3, 0.4) is 0 Å². The van der Waals surface area contributed by atoms with Gasteiger partial charge in [-0.15, -0.1) is 0 Å². The lowest BCUT2D eigenvalue weighted by Crippen LogP contribution is -1.87. The van der Waals surface area contributed by atoms with Crippen molar-refractivity contribution < 1.29 is 0 Å². The van der Waals surface area contributed by atoms with Crippen LogP contribution >= 0.6 is 22.6 Å².